The number of ether oxygens (including phenoxy) is 1. The molecule has 0 aromatic heterocycles. The Labute approximate surface area is 156 Å². The van der Waals surface area contributed by atoms with Gasteiger partial charge >= 0.3 is 5.97 Å². The van der Waals surface area contributed by atoms with Crippen molar-refractivity contribution in [1.82, 2.24) is 0 Å². The minimum atomic E-state index is -0.346. The Morgan fingerprint density at radius 3 is 2.62 bits per heavy atom. The van der Waals surface area contributed by atoms with Crippen LogP contribution in [0.5, 0.6) is 0 Å². The van der Waals surface area contributed by atoms with Gasteiger partial charge in [0.15, 0.2) is 0 Å². The van der Waals surface area contributed by atoms with Crippen molar-refractivity contribution in [3.63, 3.8) is 0 Å². The number of hydrogen-bond donors (Lipinski definition) is 1. The summed E-state index contributed by atoms with van der Waals surface area (Å²) >= 11 is 0. The van der Waals surface area contributed by atoms with Crippen molar-refractivity contribution in [2.45, 2.75) is 44.6 Å². The topological polar surface area (TPSA) is 38.3 Å². The highest BCUT2D eigenvalue weighted by Crippen LogP contribution is 2.32. The minimum absolute atomic E-state index is 0.346. The summed E-state index contributed by atoms with van der Waals surface area (Å²) in [6.07, 6.45) is 10.0. The predicted octanol–water partition coefficient (Wildman–Crippen LogP) is 5.53. The molecule has 3 nitrogen and oxygen atoms in total. The van der Waals surface area contributed by atoms with Gasteiger partial charge in [-0.25, -0.2) is 4.79 Å². The monoisotopic (exact) mass is 349 g/mol. The highest BCUT2D eigenvalue weighted by atomic mass is 16.5. The summed E-state index contributed by atoms with van der Waals surface area (Å²) in [5, 5.41) is 3.45. The molecule has 0 heterocycles. The first kappa shape index (κ1) is 18.2. The fraction of sp³-hybridized carbons (Fsp3) is 0.348. The molecule has 26 heavy (non-hydrogen) atoms. The number of nitrogens with one attached hydrogen (secondary N) is 1. The number of methoxy groups -OCH3 is 1. The standard InChI is InChI=1S/C23H27NO2/c1-26-23(25)15-12-18-6-5-9-22(16-18)24-17-19-10-13-21(14-11-19)20-7-3-2-4-8-20/h5-6,9-16,20,24H,2-4,7-8,17H2,1H3/b15-12+. The van der Waals surface area contributed by atoms with E-state index in [1.54, 1.807) is 6.08 Å². The molecule has 0 amide bonds. The Bertz CT molecular complexity index is 743. The largest absolute Gasteiger partial charge is 0.466 e. The summed E-state index contributed by atoms with van der Waals surface area (Å²) in [5.74, 6) is 0.408. The lowest BCUT2D eigenvalue weighted by atomic mass is 9.84. The van der Waals surface area contributed by atoms with Crippen molar-refractivity contribution < 1.29 is 9.53 Å². The van der Waals surface area contributed by atoms with Crippen LogP contribution >= 0.6 is 0 Å². The Balaban J connectivity index is 1.57. The van der Waals surface area contributed by atoms with E-state index in [1.807, 2.05) is 24.3 Å². The first-order chi connectivity index (χ1) is 12.7. The van der Waals surface area contributed by atoms with Crippen LogP contribution in [0, 0.1) is 0 Å². The highest BCUT2D eigenvalue weighted by Gasteiger charge is 2.14. The minimum Gasteiger partial charge on any atom is -0.466 e. The molecule has 0 radical (unpaired) electrons. The fourth-order valence-electron chi connectivity index (χ4n) is 3.53. The van der Waals surface area contributed by atoms with Gasteiger partial charge in [0.25, 0.3) is 0 Å². The second kappa shape index (κ2) is 9.23. The molecule has 3 rings (SSSR count). The zero-order valence-electron chi connectivity index (χ0n) is 15.4. The highest BCUT2D eigenvalue weighted by molar-refractivity contribution is 5.87. The summed E-state index contributed by atoms with van der Waals surface area (Å²) in [6.45, 7) is 0.787. The number of esters is 1. The second-order valence-electron chi connectivity index (χ2n) is 6.91. The van der Waals surface area contributed by atoms with Crippen LogP contribution < -0.4 is 5.32 Å². The summed E-state index contributed by atoms with van der Waals surface area (Å²) < 4.78 is 4.62. The second-order valence-corrected chi connectivity index (χ2v) is 6.91. The van der Waals surface area contributed by atoms with Crippen LogP contribution in [-0.2, 0) is 16.1 Å². The maximum Gasteiger partial charge on any atom is 0.330 e. The lowest BCUT2D eigenvalue weighted by Crippen LogP contribution is -2.05. The van der Waals surface area contributed by atoms with Gasteiger partial charge in [0.1, 0.15) is 0 Å². The van der Waals surface area contributed by atoms with Crippen molar-refractivity contribution >= 4 is 17.7 Å². The SMILES string of the molecule is COC(=O)/C=C/c1cccc(NCc2ccc(C3CCCCC3)cc2)c1. The van der Waals surface area contributed by atoms with Crippen molar-refractivity contribution in [2.24, 2.45) is 0 Å². The summed E-state index contributed by atoms with van der Waals surface area (Å²) in [7, 11) is 1.38. The Morgan fingerprint density at radius 1 is 1.12 bits per heavy atom. The van der Waals surface area contributed by atoms with Crippen LogP contribution in [0.25, 0.3) is 6.08 Å². The fourth-order valence-corrected chi connectivity index (χ4v) is 3.53. The molecule has 0 aliphatic heterocycles. The van der Waals surface area contributed by atoms with Gasteiger partial charge in [0.05, 0.1) is 7.11 Å². The molecule has 136 valence electrons. The molecular weight excluding hydrogens is 322 g/mol. The van der Waals surface area contributed by atoms with Crippen molar-refractivity contribution in [3.8, 4) is 0 Å². The molecule has 1 fully saturated rings. The van der Waals surface area contributed by atoms with Gasteiger partial charge in [-0.3, -0.25) is 0 Å². The van der Waals surface area contributed by atoms with Gasteiger partial charge in [0, 0.05) is 18.3 Å². The average Bonchev–Trinajstić information content (AvgIpc) is 2.72. The number of carbonyl (C=O) groups excluding carboxylic acids is 1. The third-order valence-electron chi connectivity index (χ3n) is 5.05. The van der Waals surface area contributed by atoms with E-state index in [4.69, 9.17) is 0 Å². The normalized spacial score (nSPS) is 15.1. The Kier molecular flexibility index (Phi) is 6.48. The smallest absolute Gasteiger partial charge is 0.330 e. The maximum absolute atomic E-state index is 11.2. The number of anilines is 1. The van der Waals surface area contributed by atoms with Gasteiger partial charge in [-0.15, -0.1) is 0 Å². The lowest BCUT2D eigenvalue weighted by molar-refractivity contribution is -0.134. The van der Waals surface area contributed by atoms with E-state index in [9.17, 15) is 4.79 Å². The molecule has 1 aliphatic carbocycles. The summed E-state index contributed by atoms with van der Waals surface area (Å²) in [6, 6.07) is 17.1. The van der Waals surface area contributed by atoms with Crippen molar-refractivity contribution in [2.75, 3.05) is 12.4 Å². The van der Waals surface area contributed by atoms with Crippen LogP contribution in [0.3, 0.4) is 0 Å². The first-order valence-electron chi connectivity index (χ1n) is 9.43. The molecule has 2 aromatic carbocycles. The van der Waals surface area contributed by atoms with E-state index in [2.05, 4.69) is 34.3 Å². The molecule has 1 N–H and O–H groups in total. The molecular formula is C23H27NO2. The molecule has 0 bridgehead atoms. The molecule has 0 spiro atoms. The van der Waals surface area contributed by atoms with Crippen LogP contribution in [-0.4, -0.2) is 13.1 Å². The van der Waals surface area contributed by atoms with E-state index < -0.39 is 0 Å². The summed E-state index contributed by atoms with van der Waals surface area (Å²) in [4.78, 5) is 11.2. The third kappa shape index (κ3) is 5.22. The van der Waals surface area contributed by atoms with Crippen LogP contribution in [0.1, 0.15) is 54.7 Å². The molecule has 1 aliphatic rings. The Hall–Kier alpha value is -2.55. The zero-order valence-corrected chi connectivity index (χ0v) is 15.4. The number of rotatable bonds is 6. The van der Waals surface area contributed by atoms with Crippen molar-refractivity contribution in [1.29, 1.82) is 0 Å². The van der Waals surface area contributed by atoms with Gasteiger partial charge < -0.3 is 10.1 Å². The first-order valence-corrected chi connectivity index (χ1v) is 9.43. The Morgan fingerprint density at radius 2 is 1.88 bits per heavy atom. The predicted molar refractivity (Wildman–Crippen MR) is 107 cm³/mol. The average molecular weight is 349 g/mol. The van der Waals surface area contributed by atoms with Gasteiger partial charge in [-0.2, -0.15) is 0 Å². The molecule has 0 atom stereocenters. The number of benzene rings is 2. The van der Waals surface area contributed by atoms with E-state index in [-0.39, 0.29) is 5.97 Å². The number of carbonyl (C=O) groups is 1. The van der Waals surface area contributed by atoms with Gasteiger partial charge in [0.2, 0.25) is 0 Å². The van der Waals surface area contributed by atoms with E-state index in [0.717, 1.165) is 23.7 Å². The van der Waals surface area contributed by atoms with Crippen molar-refractivity contribution in [3.05, 3.63) is 71.3 Å². The van der Waals surface area contributed by atoms with Crippen LogP contribution in [0.15, 0.2) is 54.6 Å². The van der Waals surface area contributed by atoms with Gasteiger partial charge in [-0.05, 0) is 53.7 Å². The third-order valence-corrected chi connectivity index (χ3v) is 5.05. The van der Waals surface area contributed by atoms with E-state index in [0.29, 0.717) is 0 Å². The van der Waals surface area contributed by atoms with Gasteiger partial charge in [-0.1, -0.05) is 55.7 Å². The van der Waals surface area contributed by atoms with Crippen LogP contribution in [0.2, 0.25) is 0 Å². The molecule has 0 unspecified atom stereocenters. The lowest BCUT2D eigenvalue weighted by Gasteiger charge is -2.22. The van der Waals surface area contributed by atoms with Crippen LogP contribution in [0.4, 0.5) is 5.69 Å². The maximum atomic E-state index is 11.2. The molecule has 2 aromatic rings. The molecule has 0 saturated heterocycles. The van der Waals surface area contributed by atoms with E-state index >= 15 is 0 Å². The molecule has 3 heteroatoms. The quantitative estimate of drug-likeness (QED) is 0.550. The summed E-state index contributed by atoms with van der Waals surface area (Å²) in [5.41, 5.74) is 4.77. The molecule has 1 saturated carbocycles. The van der Waals surface area contributed by atoms with E-state index in [1.165, 1.54) is 56.4 Å². The zero-order chi connectivity index (χ0) is 18.2. The number of hydrogen-bond acceptors (Lipinski definition) is 3.